The van der Waals surface area contributed by atoms with E-state index in [1.54, 1.807) is 0 Å². The van der Waals surface area contributed by atoms with Gasteiger partial charge in [-0.1, -0.05) is 11.6 Å². The fraction of sp³-hybridized carbons (Fsp3) is 0.400. The molecule has 0 heterocycles. The van der Waals surface area contributed by atoms with Crippen LogP contribution in [-0.2, 0) is 10.0 Å². The Labute approximate surface area is 110 Å². The zero-order valence-corrected chi connectivity index (χ0v) is 11.0. The third kappa shape index (κ3) is 4.18. The topological polar surface area (TPSA) is 92.4 Å². The predicted octanol–water partition coefficient (Wildman–Crippen LogP) is 0.467. The number of aliphatic hydroxyl groups is 1. The SMILES string of the molecule is NCC(O)CCNS(=O)(=O)c1ccc(F)cc1Cl. The smallest absolute Gasteiger partial charge is 0.242 e. The Morgan fingerprint density at radius 2 is 2.17 bits per heavy atom. The summed E-state index contributed by atoms with van der Waals surface area (Å²) in [6, 6.07) is 3.01. The van der Waals surface area contributed by atoms with Crippen LogP contribution in [0.3, 0.4) is 0 Å². The minimum Gasteiger partial charge on any atom is -0.392 e. The zero-order chi connectivity index (χ0) is 13.8. The molecule has 0 bridgehead atoms. The molecule has 1 atom stereocenters. The quantitative estimate of drug-likeness (QED) is 0.711. The fourth-order valence-corrected chi connectivity index (χ4v) is 2.83. The number of nitrogens with one attached hydrogen (secondary N) is 1. The molecule has 1 aromatic rings. The van der Waals surface area contributed by atoms with Crippen molar-refractivity contribution in [1.82, 2.24) is 4.72 Å². The van der Waals surface area contributed by atoms with Crippen LogP contribution in [0.25, 0.3) is 0 Å². The molecule has 0 aromatic heterocycles. The maximum Gasteiger partial charge on any atom is 0.242 e. The van der Waals surface area contributed by atoms with Crippen molar-refractivity contribution in [2.45, 2.75) is 17.4 Å². The summed E-state index contributed by atoms with van der Waals surface area (Å²) in [6.07, 6.45) is -0.578. The third-order valence-corrected chi connectivity index (χ3v) is 4.17. The first-order valence-corrected chi connectivity index (χ1v) is 7.06. The fourth-order valence-electron chi connectivity index (χ4n) is 1.25. The first kappa shape index (κ1) is 15.3. The molecular formula is C10H14ClFN2O3S. The molecule has 0 aliphatic carbocycles. The highest BCUT2D eigenvalue weighted by molar-refractivity contribution is 7.89. The second-order valence-corrected chi connectivity index (χ2v) is 5.79. The lowest BCUT2D eigenvalue weighted by molar-refractivity contribution is 0.174. The van der Waals surface area contributed by atoms with Crippen LogP contribution in [0, 0.1) is 5.82 Å². The summed E-state index contributed by atoms with van der Waals surface area (Å²) in [5.41, 5.74) is 5.18. The van der Waals surface area contributed by atoms with E-state index in [1.807, 2.05) is 0 Å². The third-order valence-electron chi connectivity index (χ3n) is 2.23. The van der Waals surface area contributed by atoms with Crippen LogP contribution < -0.4 is 10.5 Å². The number of halogens is 2. The highest BCUT2D eigenvalue weighted by atomic mass is 35.5. The maximum absolute atomic E-state index is 12.8. The summed E-state index contributed by atoms with van der Waals surface area (Å²) in [6.45, 7) is 0.0768. The van der Waals surface area contributed by atoms with Gasteiger partial charge in [0, 0.05) is 13.1 Å². The second-order valence-electron chi connectivity index (χ2n) is 3.65. The van der Waals surface area contributed by atoms with Crippen molar-refractivity contribution in [3.05, 3.63) is 29.0 Å². The lowest BCUT2D eigenvalue weighted by atomic mass is 10.3. The van der Waals surface area contributed by atoms with E-state index in [1.165, 1.54) is 0 Å². The molecule has 1 unspecified atom stereocenters. The maximum atomic E-state index is 12.8. The molecule has 0 saturated carbocycles. The van der Waals surface area contributed by atoms with Gasteiger partial charge in [-0.3, -0.25) is 0 Å². The first-order chi connectivity index (χ1) is 8.36. The second kappa shape index (κ2) is 6.44. The summed E-state index contributed by atoms with van der Waals surface area (Å²) >= 11 is 5.65. The van der Waals surface area contributed by atoms with Crippen LogP contribution in [0.5, 0.6) is 0 Å². The largest absolute Gasteiger partial charge is 0.392 e. The molecule has 18 heavy (non-hydrogen) atoms. The number of rotatable bonds is 6. The first-order valence-electron chi connectivity index (χ1n) is 5.19. The van der Waals surface area contributed by atoms with E-state index in [0.29, 0.717) is 0 Å². The average Bonchev–Trinajstić information content (AvgIpc) is 2.27. The number of nitrogens with two attached hydrogens (primary N) is 1. The molecule has 4 N–H and O–H groups in total. The highest BCUT2D eigenvalue weighted by Crippen LogP contribution is 2.21. The minimum atomic E-state index is -3.81. The summed E-state index contributed by atoms with van der Waals surface area (Å²) in [7, 11) is -3.81. The van der Waals surface area contributed by atoms with Gasteiger partial charge in [0.25, 0.3) is 0 Å². The van der Waals surface area contributed by atoms with E-state index in [9.17, 15) is 17.9 Å². The normalized spacial score (nSPS) is 13.6. The number of hydrogen-bond donors (Lipinski definition) is 3. The van der Waals surface area contributed by atoms with Crippen LogP contribution >= 0.6 is 11.6 Å². The zero-order valence-electron chi connectivity index (χ0n) is 9.44. The predicted molar refractivity (Wildman–Crippen MR) is 66.3 cm³/mol. The van der Waals surface area contributed by atoms with Crippen LogP contribution in [0.1, 0.15) is 6.42 Å². The molecule has 0 radical (unpaired) electrons. The molecule has 0 saturated heterocycles. The van der Waals surface area contributed by atoms with Gasteiger partial charge in [-0.05, 0) is 24.6 Å². The van der Waals surface area contributed by atoms with Crippen LogP contribution in [0.15, 0.2) is 23.1 Å². The lowest BCUT2D eigenvalue weighted by Gasteiger charge is -2.10. The van der Waals surface area contributed by atoms with Crippen molar-refractivity contribution >= 4 is 21.6 Å². The molecule has 1 aromatic carbocycles. The monoisotopic (exact) mass is 296 g/mol. The number of sulfonamides is 1. The highest BCUT2D eigenvalue weighted by Gasteiger charge is 2.18. The number of benzene rings is 1. The summed E-state index contributed by atoms with van der Waals surface area (Å²) < 4.78 is 38.6. The summed E-state index contributed by atoms with van der Waals surface area (Å²) in [4.78, 5) is -0.201. The number of aliphatic hydroxyl groups excluding tert-OH is 1. The Morgan fingerprint density at radius 1 is 1.50 bits per heavy atom. The van der Waals surface area contributed by atoms with Crippen molar-refractivity contribution in [3.8, 4) is 0 Å². The standard InChI is InChI=1S/C10H14ClFN2O3S/c11-9-5-7(12)1-2-10(9)18(16,17)14-4-3-8(15)6-13/h1-2,5,8,14-15H,3-4,6,13H2. The molecule has 0 aliphatic heterocycles. The van der Waals surface area contributed by atoms with Gasteiger partial charge >= 0.3 is 0 Å². The lowest BCUT2D eigenvalue weighted by Crippen LogP contribution is -2.30. The van der Waals surface area contributed by atoms with Gasteiger partial charge in [0.15, 0.2) is 0 Å². The van der Waals surface area contributed by atoms with Crippen LogP contribution in [0.2, 0.25) is 5.02 Å². The molecular weight excluding hydrogens is 283 g/mol. The Morgan fingerprint density at radius 3 is 2.72 bits per heavy atom. The van der Waals surface area contributed by atoms with E-state index in [2.05, 4.69) is 4.72 Å². The van der Waals surface area contributed by atoms with E-state index >= 15 is 0 Å². The van der Waals surface area contributed by atoms with Crippen LogP contribution in [-0.4, -0.2) is 32.7 Å². The molecule has 0 spiro atoms. The van der Waals surface area contributed by atoms with E-state index in [0.717, 1.165) is 18.2 Å². The van der Waals surface area contributed by atoms with Gasteiger partial charge in [-0.2, -0.15) is 0 Å². The Hall–Kier alpha value is -0.730. The molecule has 1 rings (SSSR count). The molecule has 5 nitrogen and oxygen atoms in total. The Bertz CT molecular complexity index is 510. The van der Waals surface area contributed by atoms with E-state index in [-0.39, 0.29) is 29.4 Å². The molecule has 0 amide bonds. The molecule has 0 fully saturated rings. The summed E-state index contributed by atoms with van der Waals surface area (Å²) in [5, 5.41) is 8.99. The van der Waals surface area contributed by atoms with Gasteiger partial charge in [0.1, 0.15) is 10.7 Å². The van der Waals surface area contributed by atoms with Gasteiger partial charge in [-0.15, -0.1) is 0 Å². The summed E-state index contributed by atoms with van der Waals surface area (Å²) in [5.74, 6) is -0.613. The van der Waals surface area contributed by atoms with Crippen molar-refractivity contribution in [2.75, 3.05) is 13.1 Å². The van der Waals surface area contributed by atoms with E-state index in [4.69, 9.17) is 17.3 Å². The van der Waals surface area contributed by atoms with Gasteiger partial charge in [-0.25, -0.2) is 17.5 Å². The van der Waals surface area contributed by atoms with Crippen molar-refractivity contribution < 1.29 is 17.9 Å². The molecule has 0 aliphatic rings. The van der Waals surface area contributed by atoms with Gasteiger partial charge in [0.05, 0.1) is 11.1 Å². The van der Waals surface area contributed by atoms with E-state index < -0.39 is 21.9 Å². The molecule has 8 heteroatoms. The van der Waals surface area contributed by atoms with Crippen LogP contribution in [0.4, 0.5) is 4.39 Å². The molecule has 102 valence electrons. The minimum absolute atomic E-state index is 0.0222. The van der Waals surface area contributed by atoms with Crippen molar-refractivity contribution in [1.29, 1.82) is 0 Å². The Kier molecular flexibility index (Phi) is 5.48. The average molecular weight is 297 g/mol. The van der Waals surface area contributed by atoms with Gasteiger partial charge < -0.3 is 10.8 Å². The Balaban J connectivity index is 2.74. The number of hydrogen-bond acceptors (Lipinski definition) is 4. The van der Waals surface area contributed by atoms with Gasteiger partial charge in [0.2, 0.25) is 10.0 Å². The van der Waals surface area contributed by atoms with Crippen molar-refractivity contribution in [3.63, 3.8) is 0 Å². The van der Waals surface area contributed by atoms with Crippen molar-refractivity contribution in [2.24, 2.45) is 5.73 Å².